The number of thioether (sulfide) groups is 1. The zero-order valence-corrected chi connectivity index (χ0v) is 18.5. The summed E-state index contributed by atoms with van der Waals surface area (Å²) >= 11 is 1.41. The maximum absolute atomic E-state index is 13.2. The van der Waals surface area contributed by atoms with E-state index in [0.29, 0.717) is 22.7 Å². The Morgan fingerprint density at radius 3 is 2.59 bits per heavy atom. The van der Waals surface area contributed by atoms with Crippen molar-refractivity contribution in [2.24, 2.45) is 0 Å². The summed E-state index contributed by atoms with van der Waals surface area (Å²) in [5, 5.41) is 5.65. The average Bonchev–Trinajstić information content (AvgIpc) is 2.79. The molecule has 0 fully saturated rings. The number of amides is 2. The van der Waals surface area contributed by atoms with Gasteiger partial charge in [0, 0.05) is 16.1 Å². The van der Waals surface area contributed by atoms with E-state index in [0.717, 1.165) is 16.0 Å². The van der Waals surface area contributed by atoms with Crippen molar-refractivity contribution in [2.45, 2.75) is 24.8 Å². The van der Waals surface area contributed by atoms with Gasteiger partial charge >= 0.3 is 5.97 Å². The Bertz CT molecular complexity index is 1190. The first-order valence-electron chi connectivity index (χ1n) is 10.1. The first-order valence-corrected chi connectivity index (χ1v) is 11.1. The fraction of sp³-hybridized carbons (Fsp3) is 0.160. The molecule has 6 nitrogen and oxygen atoms in total. The molecule has 0 saturated carbocycles. The van der Waals surface area contributed by atoms with Crippen molar-refractivity contribution >= 4 is 40.9 Å². The highest BCUT2D eigenvalue weighted by molar-refractivity contribution is 8.00. The molecule has 0 spiro atoms. The number of carbonyl (C=O) groups excluding carboxylic acids is 3. The van der Waals surface area contributed by atoms with E-state index in [-0.39, 0.29) is 11.5 Å². The van der Waals surface area contributed by atoms with Crippen LogP contribution in [0.2, 0.25) is 0 Å². The number of esters is 1. The zero-order chi connectivity index (χ0) is 22.7. The van der Waals surface area contributed by atoms with E-state index in [1.807, 2.05) is 38.1 Å². The van der Waals surface area contributed by atoms with E-state index in [9.17, 15) is 14.4 Å². The van der Waals surface area contributed by atoms with Crippen LogP contribution in [-0.4, -0.2) is 23.5 Å². The first-order chi connectivity index (χ1) is 15.4. The van der Waals surface area contributed by atoms with Gasteiger partial charge in [0.15, 0.2) is 0 Å². The minimum Gasteiger partial charge on any atom is -0.444 e. The van der Waals surface area contributed by atoms with E-state index in [2.05, 4.69) is 10.6 Å². The van der Waals surface area contributed by atoms with Crippen molar-refractivity contribution in [3.63, 3.8) is 0 Å². The van der Waals surface area contributed by atoms with Crippen LogP contribution >= 0.6 is 11.8 Å². The number of hydrogen-bond acceptors (Lipinski definition) is 5. The van der Waals surface area contributed by atoms with Crippen molar-refractivity contribution in [3.8, 4) is 0 Å². The summed E-state index contributed by atoms with van der Waals surface area (Å²) in [5.74, 6) is -0.878. The molecule has 4 rings (SSSR count). The Morgan fingerprint density at radius 1 is 1.03 bits per heavy atom. The quantitative estimate of drug-likeness (QED) is 0.546. The molecule has 0 aromatic heterocycles. The SMILES string of the molecule is Cc1ccc(C)c(NC(=O)C(OC(=O)c2ccc3c(c2)NC(=O)CS3)c2ccccc2)c1. The highest BCUT2D eigenvalue weighted by atomic mass is 32.2. The van der Waals surface area contributed by atoms with Crippen molar-refractivity contribution in [1.29, 1.82) is 0 Å². The average molecular weight is 447 g/mol. The van der Waals surface area contributed by atoms with Crippen LogP contribution in [0.25, 0.3) is 0 Å². The Morgan fingerprint density at radius 2 is 1.81 bits per heavy atom. The second kappa shape index (κ2) is 9.28. The molecule has 0 saturated heterocycles. The molecule has 1 aliphatic heterocycles. The van der Waals surface area contributed by atoms with Crippen LogP contribution in [0.15, 0.2) is 71.6 Å². The van der Waals surface area contributed by atoms with Crippen molar-refractivity contribution in [1.82, 2.24) is 0 Å². The van der Waals surface area contributed by atoms with Gasteiger partial charge in [-0.1, -0.05) is 42.5 Å². The molecule has 1 unspecified atom stereocenters. The molecule has 2 amide bonds. The van der Waals surface area contributed by atoms with Gasteiger partial charge in [0.2, 0.25) is 12.0 Å². The minimum absolute atomic E-state index is 0.122. The number of hydrogen-bond donors (Lipinski definition) is 2. The van der Waals surface area contributed by atoms with Gasteiger partial charge in [-0.15, -0.1) is 11.8 Å². The van der Waals surface area contributed by atoms with Crippen LogP contribution in [0.5, 0.6) is 0 Å². The third-order valence-electron chi connectivity index (χ3n) is 5.06. The van der Waals surface area contributed by atoms with Gasteiger partial charge in [0.05, 0.1) is 17.0 Å². The molecule has 3 aromatic rings. The van der Waals surface area contributed by atoms with Crippen LogP contribution in [0.1, 0.15) is 33.2 Å². The second-order valence-electron chi connectivity index (χ2n) is 7.55. The van der Waals surface area contributed by atoms with Crippen molar-refractivity contribution in [3.05, 3.63) is 89.0 Å². The second-order valence-corrected chi connectivity index (χ2v) is 8.57. The highest BCUT2D eigenvalue weighted by Crippen LogP contribution is 2.32. The van der Waals surface area contributed by atoms with Gasteiger partial charge in [-0.3, -0.25) is 9.59 Å². The first kappa shape index (κ1) is 21.6. The fourth-order valence-electron chi connectivity index (χ4n) is 3.35. The molecule has 0 aliphatic carbocycles. The lowest BCUT2D eigenvalue weighted by molar-refractivity contribution is -0.125. The van der Waals surface area contributed by atoms with Crippen LogP contribution in [0, 0.1) is 13.8 Å². The summed E-state index contributed by atoms with van der Waals surface area (Å²) in [7, 11) is 0. The molecular weight excluding hydrogens is 424 g/mol. The Labute approximate surface area is 190 Å². The number of aryl methyl sites for hydroxylation is 2. The third kappa shape index (κ3) is 4.84. The summed E-state index contributed by atoms with van der Waals surface area (Å²) in [6.45, 7) is 3.84. The number of anilines is 2. The number of nitrogens with one attached hydrogen (secondary N) is 2. The Balaban J connectivity index is 1.59. The van der Waals surface area contributed by atoms with E-state index < -0.39 is 18.0 Å². The van der Waals surface area contributed by atoms with Gasteiger partial charge < -0.3 is 15.4 Å². The van der Waals surface area contributed by atoms with Crippen LogP contribution in [-0.2, 0) is 14.3 Å². The van der Waals surface area contributed by atoms with Gasteiger partial charge in [0.25, 0.3) is 5.91 Å². The van der Waals surface area contributed by atoms with Gasteiger partial charge in [0.1, 0.15) is 0 Å². The van der Waals surface area contributed by atoms with Crippen LogP contribution in [0.4, 0.5) is 11.4 Å². The summed E-state index contributed by atoms with van der Waals surface area (Å²) in [4.78, 5) is 38.7. The molecule has 1 aliphatic rings. The summed E-state index contributed by atoms with van der Waals surface area (Å²) < 4.78 is 5.67. The van der Waals surface area contributed by atoms with E-state index in [4.69, 9.17) is 4.74 Å². The molecule has 32 heavy (non-hydrogen) atoms. The largest absolute Gasteiger partial charge is 0.444 e. The van der Waals surface area contributed by atoms with E-state index >= 15 is 0 Å². The number of ether oxygens (including phenoxy) is 1. The molecule has 3 aromatic carbocycles. The molecule has 162 valence electrons. The smallest absolute Gasteiger partial charge is 0.339 e. The minimum atomic E-state index is -1.14. The molecule has 0 radical (unpaired) electrons. The predicted octanol–water partition coefficient (Wildman–Crippen LogP) is 4.88. The van der Waals surface area contributed by atoms with Gasteiger partial charge in [-0.25, -0.2) is 4.79 Å². The van der Waals surface area contributed by atoms with Crippen LogP contribution in [0.3, 0.4) is 0 Å². The lowest BCUT2D eigenvalue weighted by Gasteiger charge is -2.20. The molecule has 0 bridgehead atoms. The van der Waals surface area contributed by atoms with Gasteiger partial charge in [-0.2, -0.15) is 0 Å². The van der Waals surface area contributed by atoms with E-state index in [1.165, 1.54) is 11.8 Å². The normalized spacial score (nSPS) is 13.5. The summed E-state index contributed by atoms with van der Waals surface area (Å²) in [6, 6.07) is 19.6. The highest BCUT2D eigenvalue weighted by Gasteiger charge is 2.27. The number of fused-ring (bicyclic) bond motifs is 1. The van der Waals surface area contributed by atoms with Crippen molar-refractivity contribution in [2.75, 3.05) is 16.4 Å². The monoisotopic (exact) mass is 446 g/mol. The zero-order valence-electron chi connectivity index (χ0n) is 17.7. The van der Waals surface area contributed by atoms with Crippen molar-refractivity contribution < 1.29 is 19.1 Å². The lowest BCUT2D eigenvalue weighted by Crippen LogP contribution is -2.26. The Kier molecular flexibility index (Phi) is 6.28. The summed E-state index contributed by atoms with van der Waals surface area (Å²) in [5.41, 5.74) is 3.97. The lowest BCUT2D eigenvalue weighted by atomic mass is 10.1. The standard InChI is InChI=1S/C25H22N2O4S/c1-15-8-9-16(2)19(12-15)27-24(29)23(17-6-4-3-5-7-17)31-25(30)18-10-11-21-20(13-18)26-22(28)14-32-21/h3-13,23H,14H2,1-2H3,(H,26,28)(H,27,29). The van der Waals surface area contributed by atoms with Crippen LogP contribution < -0.4 is 10.6 Å². The molecule has 2 N–H and O–H groups in total. The number of carbonyl (C=O) groups is 3. The number of benzene rings is 3. The topological polar surface area (TPSA) is 84.5 Å². The third-order valence-corrected chi connectivity index (χ3v) is 6.14. The maximum Gasteiger partial charge on any atom is 0.339 e. The fourth-order valence-corrected chi connectivity index (χ4v) is 4.14. The predicted molar refractivity (Wildman–Crippen MR) is 125 cm³/mol. The van der Waals surface area contributed by atoms with Gasteiger partial charge in [-0.05, 0) is 49.2 Å². The molecule has 1 atom stereocenters. The molecule has 7 heteroatoms. The van der Waals surface area contributed by atoms with E-state index in [1.54, 1.807) is 42.5 Å². The molecular formula is C25H22N2O4S. The maximum atomic E-state index is 13.2. The molecule has 1 heterocycles. The summed E-state index contributed by atoms with van der Waals surface area (Å²) in [6.07, 6.45) is -1.14. The Hall–Kier alpha value is -3.58. The number of rotatable bonds is 5.